The van der Waals surface area contributed by atoms with Crippen LogP contribution in [0.5, 0.6) is 0 Å². The molecule has 1 aliphatic rings. The highest BCUT2D eigenvalue weighted by Crippen LogP contribution is 2.39. The van der Waals surface area contributed by atoms with Crippen molar-refractivity contribution in [2.45, 2.75) is 64.5 Å². The summed E-state index contributed by atoms with van der Waals surface area (Å²) in [4.78, 5) is 12.2. The number of hydrogen-bond donors (Lipinski definition) is 0. The van der Waals surface area contributed by atoms with E-state index in [1.807, 2.05) is 30.3 Å². The van der Waals surface area contributed by atoms with E-state index in [1.165, 1.54) is 0 Å². The summed E-state index contributed by atoms with van der Waals surface area (Å²) in [6, 6.07) is 10.1. The molecule has 1 saturated carbocycles. The van der Waals surface area contributed by atoms with Crippen molar-refractivity contribution in [3.8, 4) is 0 Å². The highest BCUT2D eigenvalue weighted by molar-refractivity contribution is 6.74. The Bertz CT molecular complexity index is 519. The van der Waals surface area contributed by atoms with Crippen LogP contribution in [0.3, 0.4) is 0 Å². The Morgan fingerprint density at radius 2 is 1.83 bits per heavy atom. The van der Waals surface area contributed by atoms with Gasteiger partial charge >= 0.3 is 0 Å². The monoisotopic (exact) mass is 334 g/mol. The van der Waals surface area contributed by atoms with Gasteiger partial charge in [-0.3, -0.25) is 4.79 Å². The molecule has 4 heteroatoms. The number of rotatable bonds is 6. The van der Waals surface area contributed by atoms with Gasteiger partial charge in [-0.15, -0.1) is 0 Å². The van der Waals surface area contributed by atoms with E-state index >= 15 is 0 Å². The van der Waals surface area contributed by atoms with Gasteiger partial charge in [-0.05, 0) is 30.1 Å². The van der Waals surface area contributed by atoms with Gasteiger partial charge in [0, 0.05) is 12.3 Å². The molecule has 23 heavy (non-hydrogen) atoms. The number of hydrogen-bond acceptors (Lipinski definition) is 3. The molecule has 2 rings (SSSR count). The third-order valence-corrected chi connectivity index (χ3v) is 9.66. The zero-order valence-corrected chi connectivity index (χ0v) is 16.1. The molecule has 128 valence electrons. The Balaban J connectivity index is 1.81. The lowest BCUT2D eigenvalue weighted by Crippen LogP contribution is -2.43. The fraction of sp³-hybridized carbons (Fsp3) is 0.632. The molecule has 0 heterocycles. The topological polar surface area (TPSA) is 35.5 Å². The van der Waals surface area contributed by atoms with Crippen LogP contribution in [0.4, 0.5) is 0 Å². The van der Waals surface area contributed by atoms with Crippen LogP contribution < -0.4 is 0 Å². The zero-order chi connectivity index (χ0) is 17.1. The van der Waals surface area contributed by atoms with Crippen molar-refractivity contribution in [3.63, 3.8) is 0 Å². The van der Waals surface area contributed by atoms with E-state index in [-0.39, 0.29) is 17.1 Å². The van der Waals surface area contributed by atoms with Crippen LogP contribution in [0, 0.1) is 5.92 Å². The maximum Gasteiger partial charge on any atom is 0.192 e. The summed E-state index contributed by atoms with van der Waals surface area (Å²) in [7, 11) is -1.81. The molecular formula is C19H30O3Si. The summed E-state index contributed by atoms with van der Waals surface area (Å²) in [6.07, 6.45) is 1.43. The van der Waals surface area contributed by atoms with Crippen molar-refractivity contribution >= 4 is 14.1 Å². The first-order valence-electron chi connectivity index (χ1n) is 8.51. The summed E-state index contributed by atoms with van der Waals surface area (Å²) in [5, 5.41) is 0.179. The number of ketones is 1. The highest BCUT2D eigenvalue weighted by atomic mass is 28.4. The number of Topliss-reactive ketones (excluding diaryl/α,β-unsaturated/α-hetero) is 1. The van der Waals surface area contributed by atoms with Crippen LogP contribution in [0.15, 0.2) is 30.3 Å². The molecule has 0 radical (unpaired) electrons. The molecule has 1 aromatic rings. The Morgan fingerprint density at radius 1 is 1.17 bits per heavy atom. The maximum atomic E-state index is 12.2. The van der Waals surface area contributed by atoms with E-state index in [1.54, 1.807) is 0 Å². The summed E-state index contributed by atoms with van der Waals surface area (Å²) in [5.41, 5.74) is 1.15. The van der Waals surface area contributed by atoms with E-state index in [0.717, 1.165) is 12.0 Å². The number of ether oxygens (including phenoxy) is 1. The molecule has 1 aliphatic carbocycles. The van der Waals surface area contributed by atoms with Gasteiger partial charge < -0.3 is 9.16 Å². The lowest BCUT2D eigenvalue weighted by molar-refractivity contribution is -0.122. The Hall–Kier alpha value is -0.973. The van der Waals surface area contributed by atoms with Crippen LogP contribution in [0.1, 0.15) is 39.2 Å². The first-order valence-corrected chi connectivity index (χ1v) is 11.4. The molecule has 0 N–H and O–H groups in total. The van der Waals surface area contributed by atoms with Gasteiger partial charge in [0.25, 0.3) is 0 Å². The third-order valence-electron chi connectivity index (χ3n) is 5.13. The first kappa shape index (κ1) is 18.4. The summed E-state index contributed by atoms with van der Waals surface area (Å²) in [6.45, 7) is 12.3. The standard InChI is InChI=1S/C19H30O3Si/c1-19(2,3)23(4,5)22-17-11-16(18(20)12-17)14-21-13-15-9-7-6-8-10-15/h6-10,16-17H,11-14H2,1-5H3/t16-,17+/m0/s1. The minimum Gasteiger partial charge on any atom is -0.413 e. The number of benzene rings is 1. The third kappa shape index (κ3) is 5.00. The summed E-state index contributed by atoms with van der Waals surface area (Å²) in [5.74, 6) is 0.287. The van der Waals surface area contributed by atoms with Gasteiger partial charge in [0.1, 0.15) is 5.78 Å². The molecule has 0 bridgehead atoms. The van der Waals surface area contributed by atoms with E-state index in [4.69, 9.17) is 9.16 Å². The lowest BCUT2D eigenvalue weighted by atomic mass is 10.1. The van der Waals surface area contributed by atoms with Gasteiger partial charge in [-0.2, -0.15) is 0 Å². The molecule has 0 aromatic heterocycles. The molecule has 1 aromatic carbocycles. The Morgan fingerprint density at radius 3 is 2.43 bits per heavy atom. The van der Waals surface area contributed by atoms with Crippen LogP contribution in [0.2, 0.25) is 18.1 Å². The van der Waals surface area contributed by atoms with Gasteiger partial charge in [-0.1, -0.05) is 51.1 Å². The fourth-order valence-electron chi connectivity index (χ4n) is 2.66. The van der Waals surface area contributed by atoms with Crippen LogP contribution >= 0.6 is 0 Å². The second-order valence-electron chi connectivity index (χ2n) is 8.10. The first-order chi connectivity index (χ1) is 10.7. The molecule has 3 nitrogen and oxygen atoms in total. The summed E-state index contributed by atoms with van der Waals surface area (Å²) >= 11 is 0. The maximum absolute atomic E-state index is 12.2. The van der Waals surface area contributed by atoms with E-state index in [0.29, 0.717) is 25.4 Å². The SMILES string of the molecule is CC(C)(C)[Si](C)(C)O[C@H]1CC(=O)[C@H](COCc2ccccc2)C1. The fourth-order valence-corrected chi connectivity index (χ4v) is 4.03. The average molecular weight is 335 g/mol. The predicted octanol–water partition coefficient (Wildman–Crippen LogP) is 4.57. The second kappa shape index (κ2) is 7.28. The van der Waals surface area contributed by atoms with Crippen LogP contribution in [-0.2, 0) is 20.6 Å². The van der Waals surface area contributed by atoms with E-state index in [2.05, 4.69) is 33.9 Å². The molecule has 0 spiro atoms. The van der Waals surface area contributed by atoms with E-state index in [9.17, 15) is 4.79 Å². The van der Waals surface area contributed by atoms with Crippen molar-refractivity contribution in [2.24, 2.45) is 5.92 Å². The van der Waals surface area contributed by atoms with Crippen molar-refractivity contribution in [2.75, 3.05) is 6.61 Å². The summed E-state index contributed by atoms with van der Waals surface area (Å²) < 4.78 is 12.1. The van der Waals surface area contributed by atoms with Crippen molar-refractivity contribution in [1.29, 1.82) is 0 Å². The second-order valence-corrected chi connectivity index (χ2v) is 12.9. The predicted molar refractivity (Wildman–Crippen MR) is 95.9 cm³/mol. The molecule has 0 saturated heterocycles. The number of carbonyl (C=O) groups excluding carboxylic acids is 1. The largest absolute Gasteiger partial charge is 0.413 e. The van der Waals surface area contributed by atoms with E-state index < -0.39 is 8.32 Å². The molecule has 0 amide bonds. The van der Waals surface area contributed by atoms with Crippen LogP contribution in [0.25, 0.3) is 0 Å². The normalized spacial score (nSPS) is 22.6. The smallest absolute Gasteiger partial charge is 0.192 e. The van der Waals surface area contributed by atoms with Gasteiger partial charge in [0.05, 0.1) is 19.3 Å². The van der Waals surface area contributed by atoms with Crippen molar-refractivity contribution in [1.82, 2.24) is 0 Å². The molecule has 0 unspecified atom stereocenters. The molecule has 0 aliphatic heterocycles. The minimum absolute atomic E-state index is 0.00604. The Labute approximate surface area is 141 Å². The Kier molecular flexibility index (Phi) is 5.82. The number of carbonyl (C=O) groups is 1. The highest BCUT2D eigenvalue weighted by Gasteiger charge is 2.42. The molecule has 2 atom stereocenters. The van der Waals surface area contributed by atoms with Gasteiger partial charge in [-0.25, -0.2) is 0 Å². The molecule has 1 fully saturated rings. The van der Waals surface area contributed by atoms with Crippen molar-refractivity contribution < 1.29 is 14.0 Å². The van der Waals surface area contributed by atoms with Crippen LogP contribution in [-0.4, -0.2) is 26.8 Å². The zero-order valence-electron chi connectivity index (χ0n) is 15.1. The lowest BCUT2D eigenvalue weighted by Gasteiger charge is -2.38. The quantitative estimate of drug-likeness (QED) is 0.715. The van der Waals surface area contributed by atoms with Gasteiger partial charge in [0.15, 0.2) is 8.32 Å². The van der Waals surface area contributed by atoms with Crippen molar-refractivity contribution in [3.05, 3.63) is 35.9 Å². The van der Waals surface area contributed by atoms with Gasteiger partial charge in [0.2, 0.25) is 0 Å². The molecular weight excluding hydrogens is 304 g/mol. The average Bonchev–Trinajstić information content (AvgIpc) is 2.78. The minimum atomic E-state index is -1.81.